The van der Waals surface area contributed by atoms with Crippen LogP contribution in [0.25, 0.3) is 0 Å². The predicted molar refractivity (Wildman–Crippen MR) is 121 cm³/mol. The van der Waals surface area contributed by atoms with Gasteiger partial charge in [0.05, 0.1) is 34.4 Å². The summed E-state index contributed by atoms with van der Waals surface area (Å²) in [5.41, 5.74) is -0.335. The molecule has 1 aromatic heterocycles. The van der Waals surface area contributed by atoms with E-state index in [9.17, 15) is 22.8 Å². The van der Waals surface area contributed by atoms with Gasteiger partial charge in [0.15, 0.2) is 0 Å². The Balaban J connectivity index is 1.56. The van der Waals surface area contributed by atoms with Gasteiger partial charge in [-0.3, -0.25) is 14.3 Å². The number of alkyl halides is 3. The number of amides is 2. The number of halogens is 3. The number of anilines is 1. The summed E-state index contributed by atoms with van der Waals surface area (Å²) >= 11 is 0. The van der Waals surface area contributed by atoms with Crippen LogP contribution in [0.3, 0.4) is 0 Å². The lowest BCUT2D eigenvalue weighted by Gasteiger charge is -2.43. The number of likely N-dealkylation sites (tertiary alicyclic amines) is 1. The third kappa shape index (κ3) is 4.45. The molecule has 35 heavy (non-hydrogen) atoms. The van der Waals surface area contributed by atoms with E-state index in [-0.39, 0.29) is 18.4 Å². The van der Waals surface area contributed by atoms with Crippen LogP contribution in [0.2, 0.25) is 0 Å². The Hall–Kier alpha value is -3.55. The summed E-state index contributed by atoms with van der Waals surface area (Å²) < 4.78 is 41.9. The van der Waals surface area contributed by atoms with Crippen molar-refractivity contribution in [1.29, 1.82) is 5.26 Å². The molecule has 2 amide bonds. The third-order valence-corrected chi connectivity index (χ3v) is 7.30. The summed E-state index contributed by atoms with van der Waals surface area (Å²) in [5, 5.41) is 16.0. The smallest absolute Gasteiger partial charge is 0.371 e. The number of aromatic nitrogens is 2. The van der Waals surface area contributed by atoms with Crippen molar-refractivity contribution >= 4 is 17.5 Å². The first kappa shape index (κ1) is 24.6. The number of hydrogen-bond acceptors (Lipinski definition) is 5. The SMILES string of the molecule is CNC(=O)C1CN(C(=O)c2cn(C)nc2C)CC12CCN(c1ccc(C#N)c(C(F)(F)F)c1)CC2. The second-order valence-corrected chi connectivity index (χ2v) is 9.34. The first-order valence-electron chi connectivity index (χ1n) is 11.4. The van der Waals surface area contributed by atoms with Crippen LogP contribution in [0.15, 0.2) is 24.4 Å². The van der Waals surface area contributed by atoms with Crippen LogP contribution < -0.4 is 10.2 Å². The van der Waals surface area contributed by atoms with Crippen molar-refractivity contribution in [1.82, 2.24) is 20.0 Å². The molecule has 1 N–H and O–H groups in total. The monoisotopic (exact) mass is 488 g/mol. The maximum Gasteiger partial charge on any atom is 0.417 e. The number of nitriles is 1. The normalized spacial score (nSPS) is 19.6. The van der Waals surface area contributed by atoms with Gasteiger partial charge in [0.25, 0.3) is 5.91 Å². The minimum absolute atomic E-state index is 0.144. The van der Waals surface area contributed by atoms with Crippen molar-refractivity contribution in [2.24, 2.45) is 18.4 Å². The highest BCUT2D eigenvalue weighted by atomic mass is 19.4. The number of hydrogen-bond donors (Lipinski definition) is 1. The van der Waals surface area contributed by atoms with Crippen molar-refractivity contribution in [3.05, 3.63) is 46.8 Å². The maximum atomic E-state index is 13.4. The van der Waals surface area contributed by atoms with Gasteiger partial charge in [0.1, 0.15) is 0 Å². The molecule has 186 valence electrons. The summed E-state index contributed by atoms with van der Waals surface area (Å²) in [5.74, 6) is -0.734. The van der Waals surface area contributed by atoms with Gasteiger partial charge in [0.2, 0.25) is 5.91 Å². The average molecular weight is 489 g/mol. The Morgan fingerprint density at radius 2 is 1.94 bits per heavy atom. The fourth-order valence-corrected chi connectivity index (χ4v) is 5.42. The van der Waals surface area contributed by atoms with E-state index in [2.05, 4.69) is 10.4 Å². The topological polar surface area (TPSA) is 94.3 Å². The minimum Gasteiger partial charge on any atom is -0.371 e. The lowest BCUT2D eigenvalue weighted by atomic mass is 9.70. The van der Waals surface area contributed by atoms with Crippen LogP contribution in [0.4, 0.5) is 18.9 Å². The van der Waals surface area contributed by atoms with E-state index in [1.54, 1.807) is 42.9 Å². The second-order valence-electron chi connectivity index (χ2n) is 9.34. The van der Waals surface area contributed by atoms with Crippen molar-refractivity contribution in [2.45, 2.75) is 25.9 Å². The fraction of sp³-hybridized carbons (Fsp3) is 0.500. The number of nitrogens with one attached hydrogen (secondary N) is 1. The van der Waals surface area contributed by atoms with Gasteiger partial charge in [-0.1, -0.05) is 0 Å². The molecule has 0 radical (unpaired) electrons. The summed E-state index contributed by atoms with van der Waals surface area (Å²) in [6, 6.07) is 5.34. The first-order valence-corrected chi connectivity index (χ1v) is 11.4. The number of piperidine rings is 1. The number of rotatable bonds is 3. The minimum atomic E-state index is -4.63. The van der Waals surface area contributed by atoms with Gasteiger partial charge in [-0.2, -0.15) is 23.5 Å². The van der Waals surface area contributed by atoms with Crippen LogP contribution in [0.5, 0.6) is 0 Å². The number of aryl methyl sites for hydroxylation is 2. The van der Waals surface area contributed by atoms with E-state index in [1.807, 2.05) is 4.90 Å². The molecule has 1 atom stereocenters. The van der Waals surface area contributed by atoms with Crippen LogP contribution in [-0.4, -0.2) is 59.7 Å². The molecule has 0 saturated carbocycles. The average Bonchev–Trinajstić information content (AvgIpc) is 3.36. The number of nitrogens with zero attached hydrogens (tertiary/aromatic N) is 5. The Morgan fingerprint density at radius 1 is 1.26 bits per heavy atom. The molecule has 3 heterocycles. The van der Waals surface area contributed by atoms with Crippen LogP contribution >= 0.6 is 0 Å². The molecule has 8 nitrogen and oxygen atoms in total. The Bertz CT molecular complexity index is 1190. The Morgan fingerprint density at radius 3 is 2.49 bits per heavy atom. The van der Waals surface area contributed by atoms with Gasteiger partial charge in [-0.15, -0.1) is 0 Å². The van der Waals surface area contributed by atoms with E-state index < -0.39 is 28.6 Å². The molecule has 1 unspecified atom stereocenters. The zero-order valence-electron chi connectivity index (χ0n) is 19.8. The quantitative estimate of drug-likeness (QED) is 0.717. The molecule has 2 aliphatic heterocycles. The van der Waals surface area contributed by atoms with Crippen LogP contribution in [0, 0.1) is 29.6 Å². The van der Waals surface area contributed by atoms with E-state index in [0.717, 1.165) is 6.07 Å². The van der Waals surface area contributed by atoms with Crippen molar-refractivity contribution in [3.63, 3.8) is 0 Å². The summed E-state index contributed by atoms with van der Waals surface area (Å²) in [4.78, 5) is 29.6. The predicted octanol–water partition coefficient (Wildman–Crippen LogP) is 2.72. The van der Waals surface area contributed by atoms with Crippen molar-refractivity contribution in [2.75, 3.05) is 38.1 Å². The largest absolute Gasteiger partial charge is 0.417 e. The second kappa shape index (κ2) is 8.91. The molecule has 2 aromatic rings. The van der Waals surface area contributed by atoms with Crippen molar-refractivity contribution < 1.29 is 22.8 Å². The fourth-order valence-electron chi connectivity index (χ4n) is 5.42. The molecule has 1 aromatic carbocycles. The summed E-state index contributed by atoms with van der Waals surface area (Å²) in [7, 11) is 3.31. The Kier molecular flexibility index (Phi) is 6.25. The van der Waals surface area contributed by atoms with E-state index >= 15 is 0 Å². The van der Waals surface area contributed by atoms with E-state index in [1.165, 1.54) is 12.1 Å². The zero-order valence-corrected chi connectivity index (χ0v) is 19.8. The third-order valence-electron chi connectivity index (χ3n) is 7.30. The molecule has 0 aliphatic carbocycles. The molecule has 11 heteroatoms. The van der Waals surface area contributed by atoms with Crippen molar-refractivity contribution in [3.8, 4) is 6.07 Å². The molecule has 1 spiro atoms. The van der Waals surface area contributed by atoms with Crippen LogP contribution in [0.1, 0.15) is 40.0 Å². The molecular formula is C24H27F3N6O2. The lowest BCUT2D eigenvalue weighted by Crippen LogP contribution is -2.48. The Labute approximate surface area is 201 Å². The number of carbonyl (C=O) groups is 2. The lowest BCUT2D eigenvalue weighted by molar-refractivity contribution is -0.137. The van der Waals surface area contributed by atoms with Gasteiger partial charge in [-0.05, 0) is 38.0 Å². The molecule has 2 aliphatic rings. The van der Waals surface area contributed by atoms with Gasteiger partial charge < -0.3 is 15.1 Å². The maximum absolute atomic E-state index is 13.4. The molecule has 0 bridgehead atoms. The highest BCUT2D eigenvalue weighted by molar-refractivity contribution is 5.96. The van der Waals surface area contributed by atoms with Gasteiger partial charge in [-0.25, -0.2) is 0 Å². The number of benzene rings is 1. The molecule has 2 fully saturated rings. The summed E-state index contributed by atoms with van der Waals surface area (Å²) in [6.45, 7) is 3.31. The molecule has 2 saturated heterocycles. The summed E-state index contributed by atoms with van der Waals surface area (Å²) in [6.07, 6.45) is -1.87. The van der Waals surface area contributed by atoms with E-state index in [4.69, 9.17) is 5.26 Å². The van der Waals surface area contributed by atoms with Gasteiger partial charge in [0, 0.05) is 57.6 Å². The zero-order chi connectivity index (χ0) is 25.5. The standard InChI is InChI=1S/C24H27F3N6O2/c1-15-18(12-31(3)30-15)22(35)33-13-20(21(34)29-2)23(14-33)6-8-32(9-7-23)17-5-4-16(11-28)19(10-17)24(25,26)27/h4-5,10,12,20H,6-9,13-14H2,1-3H3,(H,29,34). The van der Waals surface area contributed by atoms with Gasteiger partial charge >= 0.3 is 6.18 Å². The molecule has 4 rings (SSSR count). The highest BCUT2D eigenvalue weighted by Gasteiger charge is 2.52. The van der Waals surface area contributed by atoms with Crippen LogP contribution in [-0.2, 0) is 18.0 Å². The molecular weight excluding hydrogens is 461 g/mol. The first-order chi connectivity index (χ1) is 16.5. The number of carbonyl (C=O) groups excluding carboxylic acids is 2. The highest BCUT2D eigenvalue weighted by Crippen LogP contribution is 2.46. The van der Waals surface area contributed by atoms with E-state index in [0.29, 0.717) is 49.4 Å².